The first-order chi connectivity index (χ1) is 8.25. The zero-order valence-corrected chi connectivity index (χ0v) is 11.3. The van der Waals surface area contributed by atoms with E-state index in [-0.39, 0.29) is 12.1 Å². The van der Waals surface area contributed by atoms with Gasteiger partial charge in [-0.15, -0.1) is 22.7 Å². The predicted molar refractivity (Wildman–Crippen MR) is 72.3 cm³/mol. The molecule has 3 nitrogen and oxygen atoms in total. The van der Waals surface area contributed by atoms with Crippen LogP contribution in [0.2, 0.25) is 0 Å². The van der Waals surface area contributed by atoms with Gasteiger partial charge in [-0.1, -0.05) is 6.07 Å². The number of rotatable bonds is 6. The minimum atomic E-state index is -0.368. The summed E-state index contributed by atoms with van der Waals surface area (Å²) in [6.45, 7) is 2.85. The van der Waals surface area contributed by atoms with E-state index in [0.29, 0.717) is 0 Å². The zero-order valence-electron chi connectivity index (χ0n) is 9.67. The second kappa shape index (κ2) is 6.26. The van der Waals surface area contributed by atoms with Crippen LogP contribution in [-0.2, 0) is 6.54 Å². The van der Waals surface area contributed by atoms with Crippen LogP contribution < -0.4 is 5.32 Å². The monoisotopic (exact) mass is 268 g/mol. The van der Waals surface area contributed by atoms with Gasteiger partial charge < -0.3 is 10.4 Å². The number of thiazole rings is 1. The Labute approximate surface area is 109 Å². The second-order valence-electron chi connectivity index (χ2n) is 4.03. The fraction of sp³-hybridized carbons (Fsp3) is 0.417. The van der Waals surface area contributed by atoms with Gasteiger partial charge in [0, 0.05) is 22.8 Å². The maximum absolute atomic E-state index is 9.99. The van der Waals surface area contributed by atoms with E-state index >= 15 is 0 Å². The Balaban J connectivity index is 1.75. The van der Waals surface area contributed by atoms with Gasteiger partial charge in [0.05, 0.1) is 17.3 Å². The minimum Gasteiger partial charge on any atom is -0.388 e. The molecule has 0 aliphatic rings. The third-order valence-corrected chi connectivity index (χ3v) is 4.17. The highest BCUT2D eigenvalue weighted by Gasteiger charge is 2.12. The van der Waals surface area contributed by atoms with Crippen molar-refractivity contribution in [3.63, 3.8) is 0 Å². The number of thiophene rings is 1. The Morgan fingerprint density at radius 1 is 1.53 bits per heavy atom. The van der Waals surface area contributed by atoms with Crippen LogP contribution in [0.5, 0.6) is 0 Å². The van der Waals surface area contributed by atoms with E-state index in [1.165, 1.54) is 0 Å². The number of hydrogen-bond donors (Lipinski definition) is 2. The molecule has 0 aliphatic carbocycles. The summed E-state index contributed by atoms with van der Waals surface area (Å²) in [4.78, 5) is 5.25. The standard InChI is InChI=1S/C12H16N2OS2/c1-9(13-6-10-7-16-8-14-10)5-11(15)12-3-2-4-17-12/h2-4,7-9,11,13,15H,5-6H2,1H3. The molecule has 2 atom stereocenters. The molecule has 92 valence electrons. The van der Waals surface area contributed by atoms with Gasteiger partial charge in [-0.3, -0.25) is 0 Å². The highest BCUT2D eigenvalue weighted by molar-refractivity contribution is 7.10. The molecule has 2 heterocycles. The molecular formula is C12H16N2OS2. The number of nitrogens with one attached hydrogen (secondary N) is 1. The Bertz CT molecular complexity index is 414. The van der Waals surface area contributed by atoms with E-state index in [1.807, 2.05) is 28.4 Å². The van der Waals surface area contributed by atoms with Crippen LogP contribution in [0.4, 0.5) is 0 Å². The molecular weight excluding hydrogens is 252 g/mol. The van der Waals surface area contributed by atoms with Crippen LogP contribution in [-0.4, -0.2) is 16.1 Å². The van der Waals surface area contributed by atoms with Crippen LogP contribution in [0, 0.1) is 0 Å². The first kappa shape index (κ1) is 12.7. The molecule has 0 amide bonds. The first-order valence-corrected chi connectivity index (χ1v) is 7.40. The molecule has 0 bridgehead atoms. The summed E-state index contributed by atoms with van der Waals surface area (Å²) in [6.07, 6.45) is 0.359. The van der Waals surface area contributed by atoms with E-state index in [2.05, 4.69) is 17.2 Å². The third-order valence-electron chi connectivity index (χ3n) is 2.56. The predicted octanol–water partition coefficient (Wildman–Crippen LogP) is 2.81. The summed E-state index contributed by atoms with van der Waals surface area (Å²) in [5, 5.41) is 17.4. The van der Waals surface area contributed by atoms with Gasteiger partial charge in [-0.2, -0.15) is 0 Å². The molecule has 0 fully saturated rings. The van der Waals surface area contributed by atoms with Gasteiger partial charge in [-0.25, -0.2) is 4.98 Å². The average Bonchev–Trinajstić information content (AvgIpc) is 2.99. The van der Waals surface area contributed by atoms with E-state index < -0.39 is 0 Å². The van der Waals surface area contributed by atoms with Crippen molar-refractivity contribution in [3.8, 4) is 0 Å². The lowest BCUT2D eigenvalue weighted by Crippen LogP contribution is -2.27. The van der Waals surface area contributed by atoms with E-state index in [9.17, 15) is 5.11 Å². The summed E-state index contributed by atoms with van der Waals surface area (Å²) >= 11 is 3.20. The van der Waals surface area contributed by atoms with Gasteiger partial charge in [-0.05, 0) is 24.8 Å². The number of nitrogens with zero attached hydrogens (tertiary/aromatic N) is 1. The lowest BCUT2D eigenvalue weighted by atomic mass is 10.1. The molecule has 2 aromatic heterocycles. The highest BCUT2D eigenvalue weighted by atomic mass is 32.1. The number of aromatic nitrogens is 1. The van der Waals surface area contributed by atoms with Crippen LogP contribution in [0.1, 0.15) is 30.0 Å². The van der Waals surface area contributed by atoms with Crippen molar-refractivity contribution >= 4 is 22.7 Å². The van der Waals surface area contributed by atoms with Crippen molar-refractivity contribution in [1.29, 1.82) is 0 Å². The van der Waals surface area contributed by atoms with Gasteiger partial charge in [0.1, 0.15) is 0 Å². The Kier molecular flexibility index (Phi) is 4.67. The molecule has 0 saturated carbocycles. The fourth-order valence-corrected chi connectivity index (χ4v) is 2.90. The van der Waals surface area contributed by atoms with Crippen LogP contribution >= 0.6 is 22.7 Å². The van der Waals surface area contributed by atoms with E-state index in [1.54, 1.807) is 22.7 Å². The molecule has 2 N–H and O–H groups in total. The number of aliphatic hydroxyl groups is 1. The Hall–Kier alpha value is -0.750. The largest absolute Gasteiger partial charge is 0.388 e. The van der Waals surface area contributed by atoms with Crippen molar-refractivity contribution in [2.45, 2.75) is 32.0 Å². The quantitative estimate of drug-likeness (QED) is 0.847. The zero-order chi connectivity index (χ0) is 12.1. The lowest BCUT2D eigenvalue weighted by Gasteiger charge is -2.16. The van der Waals surface area contributed by atoms with Crippen molar-refractivity contribution in [2.75, 3.05) is 0 Å². The maximum Gasteiger partial charge on any atom is 0.0896 e. The summed E-state index contributed by atoms with van der Waals surface area (Å²) in [7, 11) is 0. The average molecular weight is 268 g/mol. The third kappa shape index (κ3) is 3.89. The van der Waals surface area contributed by atoms with Gasteiger partial charge >= 0.3 is 0 Å². The summed E-state index contributed by atoms with van der Waals surface area (Å²) in [5.74, 6) is 0. The smallest absolute Gasteiger partial charge is 0.0896 e. The molecule has 0 aliphatic heterocycles. The summed E-state index contributed by atoms with van der Waals surface area (Å²) in [6, 6.07) is 4.22. The molecule has 0 saturated heterocycles. The van der Waals surface area contributed by atoms with Crippen LogP contribution in [0.25, 0.3) is 0 Å². The van der Waals surface area contributed by atoms with Crippen LogP contribution in [0.3, 0.4) is 0 Å². The molecule has 0 radical (unpaired) electrons. The molecule has 2 aromatic rings. The Morgan fingerprint density at radius 2 is 2.41 bits per heavy atom. The first-order valence-electron chi connectivity index (χ1n) is 5.57. The summed E-state index contributed by atoms with van der Waals surface area (Å²) < 4.78 is 0. The second-order valence-corrected chi connectivity index (χ2v) is 5.73. The van der Waals surface area contributed by atoms with Crippen molar-refractivity contribution in [3.05, 3.63) is 39.0 Å². The van der Waals surface area contributed by atoms with Gasteiger partial charge in [0.2, 0.25) is 0 Å². The van der Waals surface area contributed by atoms with Gasteiger partial charge in [0.25, 0.3) is 0 Å². The van der Waals surface area contributed by atoms with Crippen molar-refractivity contribution in [2.24, 2.45) is 0 Å². The number of hydrogen-bond acceptors (Lipinski definition) is 5. The minimum absolute atomic E-state index is 0.272. The Morgan fingerprint density at radius 3 is 3.06 bits per heavy atom. The molecule has 2 unspecified atom stereocenters. The van der Waals surface area contributed by atoms with Crippen molar-refractivity contribution in [1.82, 2.24) is 10.3 Å². The van der Waals surface area contributed by atoms with E-state index in [4.69, 9.17) is 0 Å². The SMILES string of the molecule is CC(CC(O)c1cccs1)NCc1cscn1. The normalized spacial score (nSPS) is 14.7. The number of aliphatic hydroxyl groups excluding tert-OH is 1. The molecule has 0 aromatic carbocycles. The molecule has 0 spiro atoms. The lowest BCUT2D eigenvalue weighted by molar-refractivity contribution is 0.157. The highest BCUT2D eigenvalue weighted by Crippen LogP contribution is 2.22. The molecule has 17 heavy (non-hydrogen) atoms. The maximum atomic E-state index is 9.99. The van der Waals surface area contributed by atoms with Crippen molar-refractivity contribution < 1.29 is 5.11 Å². The molecule has 5 heteroatoms. The van der Waals surface area contributed by atoms with E-state index in [0.717, 1.165) is 23.5 Å². The fourth-order valence-electron chi connectivity index (χ4n) is 1.62. The summed E-state index contributed by atoms with van der Waals surface area (Å²) in [5.41, 5.74) is 2.90. The van der Waals surface area contributed by atoms with Gasteiger partial charge in [0.15, 0.2) is 0 Å². The topological polar surface area (TPSA) is 45.1 Å². The molecule has 2 rings (SSSR count). The van der Waals surface area contributed by atoms with Crippen LogP contribution in [0.15, 0.2) is 28.4 Å².